The number of amides is 1. The first-order chi connectivity index (χ1) is 18.0. The number of rotatable bonds is 5. The van der Waals surface area contributed by atoms with Gasteiger partial charge in [0, 0.05) is 29.0 Å². The van der Waals surface area contributed by atoms with Gasteiger partial charge in [0.2, 0.25) is 5.43 Å². The number of fused-ring (bicyclic) bond motifs is 2. The lowest BCUT2D eigenvalue weighted by Gasteiger charge is -2.33. The van der Waals surface area contributed by atoms with Gasteiger partial charge in [-0.05, 0) is 89.1 Å². The molecule has 0 N–H and O–H groups in total. The Hall–Kier alpha value is -3.20. The Kier molecular flexibility index (Phi) is 6.84. The van der Waals surface area contributed by atoms with Crippen LogP contribution in [-0.2, 0) is 15.9 Å². The van der Waals surface area contributed by atoms with Gasteiger partial charge >= 0.3 is 12.1 Å². The average Bonchev–Trinajstić information content (AvgIpc) is 3.59. The molecule has 2 heterocycles. The van der Waals surface area contributed by atoms with E-state index >= 15 is 4.39 Å². The van der Waals surface area contributed by atoms with E-state index in [0.29, 0.717) is 11.1 Å². The average molecular weight is 541 g/mol. The van der Waals surface area contributed by atoms with Crippen molar-refractivity contribution in [3.63, 3.8) is 0 Å². The Balaban J connectivity index is 1.57. The second-order valence-electron chi connectivity index (χ2n) is 11.1. The second-order valence-corrected chi connectivity index (χ2v) is 12.2. The van der Waals surface area contributed by atoms with Gasteiger partial charge in [0.25, 0.3) is 0 Å². The van der Waals surface area contributed by atoms with Crippen LogP contribution in [0, 0.1) is 5.82 Å². The third-order valence-electron chi connectivity index (χ3n) is 7.04. The molecular formula is C29H33FN2O5S. The predicted octanol–water partition coefficient (Wildman–Crippen LogP) is 6.63. The number of carbonyl (C=O) groups is 2. The number of carbonyl (C=O) groups excluding carboxylic acids is 2. The first kappa shape index (κ1) is 26.4. The van der Waals surface area contributed by atoms with Gasteiger partial charge < -0.3 is 18.9 Å². The fourth-order valence-corrected chi connectivity index (χ4v) is 6.36. The van der Waals surface area contributed by atoms with Crippen molar-refractivity contribution in [3.8, 4) is 10.4 Å². The number of benzene rings is 1. The molecule has 1 atom stereocenters. The number of halogens is 1. The Morgan fingerprint density at radius 3 is 2.58 bits per heavy atom. The number of thiophene rings is 1. The van der Waals surface area contributed by atoms with Crippen molar-refractivity contribution in [1.82, 2.24) is 9.47 Å². The number of hydrogen-bond donors (Lipinski definition) is 0. The van der Waals surface area contributed by atoms with Crippen LogP contribution in [0.3, 0.4) is 0 Å². The Morgan fingerprint density at radius 2 is 1.92 bits per heavy atom. The molecule has 2 aromatic heterocycles. The highest BCUT2D eigenvalue weighted by molar-refractivity contribution is 7.15. The van der Waals surface area contributed by atoms with E-state index in [1.165, 1.54) is 17.1 Å². The molecule has 1 aromatic carbocycles. The molecule has 3 aromatic rings. The zero-order valence-electron chi connectivity index (χ0n) is 22.4. The molecule has 0 radical (unpaired) electrons. The van der Waals surface area contributed by atoms with Crippen molar-refractivity contribution < 1.29 is 23.5 Å². The highest BCUT2D eigenvalue weighted by Gasteiger charge is 2.32. The van der Waals surface area contributed by atoms with Gasteiger partial charge in [0.05, 0.1) is 23.6 Å². The Bertz CT molecular complexity index is 1480. The van der Waals surface area contributed by atoms with Gasteiger partial charge in [-0.25, -0.2) is 14.0 Å². The lowest BCUT2D eigenvalue weighted by molar-refractivity contribution is 0.0205. The number of aromatic nitrogens is 1. The van der Waals surface area contributed by atoms with Crippen molar-refractivity contribution in [2.45, 2.75) is 77.5 Å². The van der Waals surface area contributed by atoms with E-state index in [1.807, 2.05) is 37.5 Å². The predicted molar refractivity (Wildman–Crippen MR) is 145 cm³/mol. The number of pyridine rings is 1. The molecule has 0 saturated heterocycles. The number of hydrogen-bond acceptors (Lipinski definition) is 6. The molecular weight excluding hydrogens is 507 g/mol. The molecule has 5 rings (SSSR count). The van der Waals surface area contributed by atoms with Crippen LogP contribution in [-0.4, -0.2) is 40.8 Å². The highest BCUT2D eigenvalue weighted by Crippen LogP contribution is 2.44. The maximum absolute atomic E-state index is 15.6. The molecule has 202 valence electrons. The zero-order valence-corrected chi connectivity index (χ0v) is 23.2. The standard InChI is InChI=1S/C29H33FN2O5S/c1-6-36-27(34)19-15-32(17-10-11-17)22-13-16(12-20(30)25(22)26(19)33)24-14-18-21(8-7-9-23(18)38-24)31(5)28(35)37-29(2,3)4/h12-15,17,21H,6-11H2,1-5H3. The fourth-order valence-electron chi connectivity index (χ4n) is 5.11. The topological polar surface area (TPSA) is 77.8 Å². The van der Waals surface area contributed by atoms with Crippen molar-refractivity contribution in [3.05, 3.63) is 56.4 Å². The molecule has 1 amide bonds. The minimum atomic E-state index is -0.733. The third-order valence-corrected chi connectivity index (χ3v) is 8.30. The van der Waals surface area contributed by atoms with Gasteiger partial charge in [0.1, 0.15) is 17.0 Å². The van der Waals surface area contributed by atoms with E-state index in [0.717, 1.165) is 42.5 Å². The van der Waals surface area contributed by atoms with Crippen molar-refractivity contribution in [2.75, 3.05) is 13.7 Å². The normalized spacial score (nSPS) is 17.3. The molecule has 9 heteroatoms. The summed E-state index contributed by atoms with van der Waals surface area (Å²) in [4.78, 5) is 42.1. The Labute approximate surface area is 225 Å². The van der Waals surface area contributed by atoms with E-state index in [2.05, 4.69) is 0 Å². The molecule has 2 aliphatic carbocycles. The SMILES string of the molecule is CCOC(=O)c1cn(C2CC2)c2cc(-c3cc4c(s3)CCCC4N(C)C(=O)OC(C)(C)C)cc(F)c2c1=O. The lowest BCUT2D eigenvalue weighted by Crippen LogP contribution is -2.37. The van der Waals surface area contributed by atoms with Gasteiger partial charge in [0.15, 0.2) is 0 Å². The molecule has 7 nitrogen and oxygen atoms in total. The number of esters is 1. The maximum atomic E-state index is 15.6. The summed E-state index contributed by atoms with van der Waals surface area (Å²) in [6.07, 6.45) is 5.61. The molecule has 1 unspecified atom stereocenters. The molecule has 2 aliphatic rings. The summed E-state index contributed by atoms with van der Waals surface area (Å²) in [6.45, 7) is 7.34. The van der Waals surface area contributed by atoms with E-state index < -0.39 is 22.8 Å². The van der Waals surface area contributed by atoms with E-state index in [9.17, 15) is 14.4 Å². The molecule has 1 saturated carbocycles. The summed E-state index contributed by atoms with van der Waals surface area (Å²) < 4.78 is 28.1. The first-order valence-electron chi connectivity index (χ1n) is 13.1. The van der Waals surface area contributed by atoms with Crippen LogP contribution in [0.4, 0.5) is 9.18 Å². The summed E-state index contributed by atoms with van der Waals surface area (Å²) in [6, 6.07) is 5.25. The Morgan fingerprint density at radius 1 is 1.18 bits per heavy atom. The summed E-state index contributed by atoms with van der Waals surface area (Å²) in [5.74, 6) is -1.39. The van der Waals surface area contributed by atoms with Gasteiger partial charge in [-0.3, -0.25) is 4.79 Å². The van der Waals surface area contributed by atoms with Crippen LogP contribution in [0.25, 0.3) is 21.3 Å². The number of aryl methyl sites for hydroxylation is 1. The highest BCUT2D eigenvalue weighted by atomic mass is 32.1. The fraction of sp³-hybridized carbons (Fsp3) is 0.483. The van der Waals surface area contributed by atoms with Crippen LogP contribution < -0.4 is 5.43 Å². The number of nitrogens with zero attached hydrogens (tertiary/aromatic N) is 2. The van der Waals surface area contributed by atoms with Crippen LogP contribution in [0.2, 0.25) is 0 Å². The summed E-state index contributed by atoms with van der Waals surface area (Å²) in [5, 5.41) is -0.0879. The minimum Gasteiger partial charge on any atom is -0.462 e. The zero-order chi connectivity index (χ0) is 27.4. The molecule has 0 aliphatic heterocycles. The van der Waals surface area contributed by atoms with E-state index in [1.54, 1.807) is 30.2 Å². The van der Waals surface area contributed by atoms with Crippen molar-refractivity contribution in [2.24, 2.45) is 0 Å². The smallest absolute Gasteiger partial charge is 0.410 e. The lowest BCUT2D eigenvalue weighted by atomic mass is 9.92. The second kappa shape index (κ2) is 9.84. The molecule has 0 bridgehead atoms. The maximum Gasteiger partial charge on any atom is 0.410 e. The minimum absolute atomic E-state index is 0.0879. The van der Waals surface area contributed by atoms with Gasteiger partial charge in [-0.1, -0.05) is 0 Å². The monoisotopic (exact) mass is 540 g/mol. The van der Waals surface area contributed by atoms with Crippen LogP contribution in [0.5, 0.6) is 0 Å². The first-order valence-corrected chi connectivity index (χ1v) is 13.9. The van der Waals surface area contributed by atoms with Crippen molar-refractivity contribution >= 4 is 34.3 Å². The van der Waals surface area contributed by atoms with E-state index in [4.69, 9.17) is 9.47 Å². The number of ether oxygens (including phenoxy) is 2. The van der Waals surface area contributed by atoms with E-state index in [-0.39, 0.29) is 35.7 Å². The van der Waals surface area contributed by atoms with Crippen LogP contribution in [0.1, 0.15) is 86.3 Å². The molecule has 0 spiro atoms. The quantitative estimate of drug-likeness (QED) is 0.340. The molecule has 1 fully saturated rings. The van der Waals surface area contributed by atoms with Gasteiger partial charge in [-0.15, -0.1) is 11.3 Å². The summed E-state index contributed by atoms with van der Waals surface area (Å²) in [5.41, 5.74) is 0.833. The third kappa shape index (κ3) is 4.96. The van der Waals surface area contributed by atoms with Crippen molar-refractivity contribution in [1.29, 1.82) is 0 Å². The summed E-state index contributed by atoms with van der Waals surface area (Å²) >= 11 is 1.59. The van der Waals surface area contributed by atoms with Crippen LogP contribution >= 0.6 is 11.3 Å². The van der Waals surface area contributed by atoms with Gasteiger partial charge in [-0.2, -0.15) is 0 Å². The summed E-state index contributed by atoms with van der Waals surface area (Å²) in [7, 11) is 1.76. The largest absolute Gasteiger partial charge is 0.462 e. The molecule has 38 heavy (non-hydrogen) atoms. The van der Waals surface area contributed by atoms with Crippen LogP contribution in [0.15, 0.2) is 29.2 Å².